The van der Waals surface area contributed by atoms with E-state index >= 15 is 0 Å². The van der Waals surface area contributed by atoms with E-state index in [1.165, 1.54) is 16.1 Å². The fourth-order valence-corrected chi connectivity index (χ4v) is 2.87. The molecule has 3 heteroatoms. The van der Waals surface area contributed by atoms with Crippen molar-refractivity contribution in [2.45, 2.75) is 26.8 Å². The van der Waals surface area contributed by atoms with Gasteiger partial charge in [-0.25, -0.2) is 4.98 Å². The summed E-state index contributed by atoms with van der Waals surface area (Å²) in [5.41, 5.74) is 2.45. The Morgan fingerprint density at radius 2 is 1.94 bits per heavy atom. The van der Waals surface area contributed by atoms with Crippen LogP contribution in [-0.4, -0.2) is 11.5 Å². The van der Waals surface area contributed by atoms with Gasteiger partial charge in [-0.1, -0.05) is 44.2 Å². The highest BCUT2D eigenvalue weighted by molar-refractivity contribution is 7.15. The third-order valence-corrected chi connectivity index (χ3v) is 3.82. The first-order chi connectivity index (χ1) is 8.35. The van der Waals surface area contributed by atoms with Crippen LogP contribution in [0.1, 0.15) is 24.4 Å². The van der Waals surface area contributed by atoms with E-state index in [0.29, 0.717) is 0 Å². The molecule has 2 aromatic rings. The molecule has 0 spiro atoms. The van der Waals surface area contributed by atoms with Gasteiger partial charge in [0.05, 0.1) is 5.69 Å². The largest absolute Gasteiger partial charge is 0.312 e. The first kappa shape index (κ1) is 12.3. The van der Waals surface area contributed by atoms with Crippen molar-refractivity contribution in [3.05, 3.63) is 40.9 Å². The van der Waals surface area contributed by atoms with Crippen LogP contribution in [0.3, 0.4) is 0 Å². The Kier molecular flexibility index (Phi) is 4.29. The molecule has 0 unspecified atom stereocenters. The lowest BCUT2D eigenvalue weighted by Crippen LogP contribution is -2.11. The fraction of sp³-hybridized carbons (Fsp3) is 0.357. The van der Waals surface area contributed by atoms with Crippen LogP contribution in [0.15, 0.2) is 30.3 Å². The second-order valence-electron chi connectivity index (χ2n) is 3.89. The average Bonchev–Trinajstić information content (AvgIpc) is 2.80. The number of thiazole rings is 1. The van der Waals surface area contributed by atoms with Gasteiger partial charge in [0, 0.05) is 17.0 Å². The van der Waals surface area contributed by atoms with Gasteiger partial charge >= 0.3 is 0 Å². The van der Waals surface area contributed by atoms with Crippen molar-refractivity contribution in [3.63, 3.8) is 0 Å². The summed E-state index contributed by atoms with van der Waals surface area (Å²) in [6.07, 6.45) is 1.00. The van der Waals surface area contributed by atoms with Crippen LogP contribution in [0.5, 0.6) is 0 Å². The van der Waals surface area contributed by atoms with Crippen molar-refractivity contribution in [2.75, 3.05) is 6.54 Å². The molecule has 17 heavy (non-hydrogen) atoms. The maximum atomic E-state index is 4.73. The number of aryl methyl sites for hydroxylation is 1. The third-order valence-electron chi connectivity index (χ3n) is 2.67. The number of nitrogens with one attached hydrogen (secondary N) is 1. The van der Waals surface area contributed by atoms with E-state index < -0.39 is 0 Å². The Labute approximate surface area is 107 Å². The molecule has 2 rings (SSSR count). The van der Waals surface area contributed by atoms with Gasteiger partial charge in [-0.2, -0.15) is 0 Å². The Morgan fingerprint density at radius 3 is 2.59 bits per heavy atom. The van der Waals surface area contributed by atoms with Crippen LogP contribution < -0.4 is 5.32 Å². The van der Waals surface area contributed by atoms with Crippen LogP contribution in [0.25, 0.3) is 10.6 Å². The quantitative estimate of drug-likeness (QED) is 0.873. The monoisotopic (exact) mass is 246 g/mol. The first-order valence-corrected chi connectivity index (χ1v) is 6.91. The van der Waals surface area contributed by atoms with Crippen LogP contribution in [0.2, 0.25) is 0 Å². The molecule has 0 atom stereocenters. The zero-order valence-corrected chi connectivity index (χ0v) is 11.2. The number of nitrogens with zero attached hydrogens (tertiary/aromatic N) is 1. The normalized spacial score (nSPS) is 10.7. The van der Waals surface area contributed by atoms with E-state index in [9.17, 15) is 0 Å². The first-order valence-electron chi connectivity index (χ1n) is 6.09. The van der Waals surface area contributed by atoms with Crippen molar-refractivity contribution in [1.29, 1.82) is 0 Å². The SMILES string of the molecule is CCNCc1sc(-c2ccccc2)nc1CC. The second kappa shape index (κ2) is 5.94. The summed E-state index contributed by atoms with van der Waals surface area (Å²) in [4.78, 5) is 6.10. The van der Waals surface area contributed by atoms with Crippen molar-refractivity contribution in [2.24, 2.45) is 0 Å². The topological polar surface area (TPSA) is 24.9 Å². The highest BCUT2D eigenvalue weighted by atomic mass is 32.1. The highest BCUT2D eigenvalue weighted by Gasteiger charge is 2.10. The van der Waals surface area contributed by atoms with E-state index in [0.717, 1.165) is 24.5 Å². The minimum Gasteiger partial charge on any atom is -0.312 e. The minimum atomic E-state index is 0.935. The summed E-state index contributed by atoms with van der Waals surface area (Å²) < 4.78 is 0. The summed E-state index contributed by atoms with van der Waals surface area (Å²) in [6, 6.07) is 10.4. The molecule has 0 radical (unpaired) electrons. The zero-order chi connectivity index (χ0) is 12.1. The molecule has 1 aromatic carbocycles. The Bertz CT molecular complexity index is 462. The standard InChI is InChI=1S/C14H18N2S/c1-3-12-13(10-15-4-2)17-14(16-12)11-8-6-5-7-9-11/h5-9,15H,3-4,10H2,1-2H3. The summed E-state index contributed by atoms with van der Waals surface area (Å²) >= 11 is 1.80. The van der Waals surface area contributed by atoms with Gasteiger partial charge in [-0.15, -0.1) is 11.3 Å². The molecule has 0 aliphatic carbocycles. The van der Waals surface area contributed by atoms with Gasteiger partial charge in [-0.05, 0) is 13.0 Å². The van der Waals surface area contributed by atoms with Crippen molar-refractivity contribution in [3.8, 4) is 10.6 Å². The van der Waals surface area contributed by atoms with Crippen LogP contribution in [0.4, 0.5) is 0 Å². The minimum absolute atomic E-state index is 0.935. The van der Waals surface area contributed by atoms with Crippen LogP contribution in [0, 0.1) is 0 Å². The molecule has 90 valence electrons. The van der Waals surface area contributed by atoms with Crippen LogP contribution in [-0.2, 0) is 13.0 Å². The van der Waals surface area contributed by atoms with Gasteiger partial charge in [-0.3, -0.25) is 0 Å². The summed E-state index contributed by atoms with van der Waals surface area (Å²) in [6.45, 7) is 6.23. The fourth-order valence-electron chi connectivity index (χ4n) is 1.74. The summed E-state index contributed by atoms with van der Waals surface area (Å²) in [5, 5.41) is 4.51. The maximum absolute atomic E-state index is 4.73. The molecular formula is C14H18N2S. The smallest absolute Gasteiger partial charge is 0.123 e. The molecule has 1 aromatic heterocycles. The average molecular weight is 246 g/mol. The van der Waals surface area contributed by atoms with E-state index in [1.54, 1.807) is 11.3 Å². The molecule has 0 saturated heterocycles. The van der Waals surface area contributed by atoms with Gasteiger partial charge in [0.2, 0.25) is 0 Å². The predicted octanol–water partition coefficient (Wildman–Crippen LogP) is 3.48. The maximum Gasteiger partial charge on any atom is 0.123 e. The molecule has 1 N–H and O–H groups in total. The number of rotatable bonds is 5. The van der Waals surface area contributed by atoms with Crippen molar-refractivity contribution in [1.82, 2.24) is 10.3 Å². The van der Waals surface area contributed by atoms with E-state index in [4.69, 9.17) is 4.98 Å². The zero-order valence-electron chi connectivity index (χ0n) is 10.4. The van der Waals surface area contributed by atoms with Crippen molar-refractivity contribution < 1.29 is 0 Å². The molecule has 0 aliphatic heterocycles. The van der Waals surface area contributed by atoms with Gasteiger partial charge in [0.25, 0.3) is 0 Å². The Balaban J connectivity index is 2.28. The van der Waals surface area contributed by atoms with E-state index in [2.05, 4.69) is 43.4 Å². The molecule has 0 aliphatic rings. The molecule has 0 saturated carbocycles. The summed E-state index contributed by atoms with van der Waals surface area (Å²) in [7, 11) is 0. The molecule has 0 amide bonds. The molecule has 2 nitrogen and oxygen atoms in total. The number of hydrogen-bond acceptors (Lipinski definition) is 3. The Hall–Kier alpha value is -1.19. The number of hydrogen-bond donors (Lipinski definition) is 1. The van der Waals surface area contributed by atoms with E-state index in [-0.39, 0.29) is 0 Å². The second-order valence-corrected chi connectivity index (χ2v) is 4.97. The van der Waals surface area contributed by atoms with E-state index in [1.807, 2.05) is 6.07 Å². The lowest BCUT2D eigenvalue weighted by Gasteiger charge is -1.99. The Morgan fingerprint density at radius 1 is 1.18 bits per heavy atom. The van der Waals surface area contributed by atoms with Crippen molar-refractivity contribution >= 4 is 11.3 Å². The third kappa shape index (κ3) is 2.93. The van der Waals surface area contributed by atoms with Gasteiger partial charge in [0.15, 0.2) is 0 Å². The molecule has 1 heterocycles. The predicted molar refractivity (Wildman–Crippen MR) is 74.3 cm³/mol. The highest BCUT2D eigenvalue weighted by Crippen LogP contribution is 2.28. The molecule has 0 bridgehead atoms. The van der Waals surface area contributed by atoms with Crippen LogP contribution >= 0.6 is 11.3 Å². The molecular weight excluding hydrogens is 228 g/mol. The lowest BCUT2D eigenvalue weighted by atomic mass is 10.2. The summed E-state index contributed by atoms with van der Waals surface area (Å²) in [5.74, 6) is 0. The number of benzene rings is 1. The molecule has 0 fully saturated rings. The van der Waals surface area contributed by atoms with Gasteiger partial charge in [0.1, 0.15) is 5.01 Å². The number of aromatic nitrogens is 1. The van der Waals surface area contributed by atoms with Gasteiger partial charge < -0.3 is 5.32 Å². The lowest BCUT2D eigenvalue weighted by molar-refractivity contribution is 0.727.